The quantitative estimate of drug-likeness (QED) is 0.332. The van der Waals surface area contributed by atoms with Crippen LogP contribution in [0.1, 0.15) is 15.2 Å². The molecule has 0 aliphatic rings. The molecule has 3 heterocycles. The second kappa shape index (κ2) is 7.94. The van der Waals surface area contributed by atoms with Crippen molar-refractivity contribution in [3.63, 3.8) is 0 Å². The highest BCUT2D eigenvalue weighted by Gasteiger charge is 2.25. The number of pyridine rings is 1. The number of carbonyl (C=O) groups excluding carboxylic acids is 1. The molecule has 0 unspecified atom stereocenters. The molecule has 4 aromatic rings. The summed E-state index contributed by atoms with van der Waals surface area (Å²) in [4.78, 5) is 34.2. The molecule has 0 saturated heterocycles. The number of aromatic nitrogens is 2. The Kier molecular flexibility index (Phi) is 5.19. The zero-order valence-electron chi connectivity index (χ0n) is 15.1. The van der Waals surface area contributed by atoms with E-state index in [-0.39, 0.29) is 22.3 Å². The second-order valence-electron chi connectivity index (χ2n) is 5.98. The molecule has 0 N–H and O–H groups in total. The second-order valence-corrected chi connectivity index (χ2v) is 8.05. The highest BCUT2D eigenvalue weighted by atomic mass is 32.1. The van der Waals surface area contributed by atoms with Crippen LogP contribution < -0.4 is 9.64 Å². The first kappa shape index (κ1) is 19.0. The molecule has 0 atom stereocenters. The van der Waals surface area contributed by atoms with Gasteiger partial charge >= 0.3 is 5.00 Å². The van der Waals surface area contributed by atoms with Gasteiger partial charge in [0.05, 0.1) is 33.7 Å². The minimum absolute atomic E-state index is 0.0799. The van der Waals surface area contributed by atoms with Crippen LogP contribution in [0.5, 0.6) is 5.75 Å². The number of anilines is 1. The number of fused-ring (bicyclic) bond motifs is 1. The van der Waals surface area contributed by atoms with Crippen molar-refractivity contribution in [2.24, 2.45) is 0 Å². The maximum Gasteiger partial charge on any atom is 0.324 e. The van der Waals surface area contributed by atoms with E-state index in [0.717, 1.165) is 27.1 Å². The van der Waals surface area contributed by atoms with Crippen molar-refractivity contribution >= 4 is 48.9 Å². The summed E-state index contributed by atoms with van der Waals surface area (Å²) in [7, 11) is 1.59. The number of ether oxygens (including phenoxy) is 1. The number of carbonyl (C=O) groups is 1. The fraction of sp³-hybridized carbons (Fsp3) is 0.105. The maximum absolute atomic E-state index is 13.2. The molecule has 29 heavy (non-hydrogen) atoms. The number of benzene rings is 1. The standard InChI is InChI=1S/C19H14N4O4S2/c1-27-13-4-5-14-16(9-13)29-19(21-14)22(11-12-3-2-8-20-10-12)18(24)15-6-7-17(28-15)23(25)26/h2-10H,11H2,1H3. The Balaban J connectivity index is 1.75. The minimum Gasteiger partial charge on any atom is -0.497 e. The molecule has 0 radical (unpaired) electrons. The average Bonchev–Trinajstić information content (AvgIpc) is 3.39. The third-order valence-electron chi connectivity index (χ3n) is 4.11. The lowest BCUT2D eigenvalue weighted by Crippen LogP contribution is -2.29. The molecule has 0 saturated carbocycles. The van der Waals surface area contributed by atoms with E-state index in [2.05, 4.69) is 9.97 Å². The molecule has 0 spiro atoms. The first-order valence-electron chi connectivity index (χ1n) is 8.45. The van der Waals surface area contributed by atoms with E-state index >= 15 is 0 Å². The molecule has 10 heteroatoms. The number of thiazole rings is 1. The predicted molar refractivity (Wildman–Crippen MR) is 112 cm³/mol. The summed E-state index contributed by atoms with van der Waals surface area (Å²) in [6.45, 7) is 0.245. The summed E-state index contributed by atoms with van der Waals surface area (Å²) in [6.07, 6.45) is 3.33. The number of amides is 1. The van der Waals surface area contributed by atoms with Crippen LogP contribution in [0, 0.1) is 10.1 Å². The van der Waals surface area contributed by atoms with Crippen molar-refractivity contribution in [2.45, 2.75) is 6.54 Å². The first-order chi connectivity index (χ1) is 14.0. The van der Waals surface area contributed by atoms with Crippen LogP contribution in [-0.4, -0.2) is 27.9 Å². The van der Waals surface area contributed by atoms with E-state index in [1.165, 1.54) is 28.4 Å². The zero-order valence-corrected chi connectivity index (χ0v) is 16.8. The Morgan fingerprint density at radius 1 is 1.24 bits per heavy atom. The van der Waals surface area contributed by atoms with Crippen LogP contribution in [0.25, 0.3) is 10.2 Å². The summed E-state index contributed by atoms with van der Waals surface area (Å²) in [5, 5.41) is 11.4. The SMILES string of the molecule is COc1ccc2nc(N(Cc3cccnc3)C(=O)c3ccc([N+](=O)[O-])s3)sc2c1. The van der Waals surface area contributed by atoms with Gasteiger partial charge in [-0.3, -0.25) is 24.8 Å². The van der Waals surface area contributed by atoms with Crippen molar-refractivity contribution in [3.05, 3.63) is 75.4 Å². The molecular weight excluding hydrogens is 412 g/mol. The normalized spacial score (nSPS) is 10.8. The van der Waals surface area contributed by atoms with Gasteiger partial charge in [0.15, 0.2) is 5.13 Å². The van der Waals surface area contributed by atoms with Gasteiger partial charge in [0.25, 0.3) is 5.91 Å². The summed E-state index contributed by atoms with van der Waals surface area (Å²) in [5.74, 6) is 0.352. The fourth-order valence-electron chi connectivity index (χ4n) is 2.71. The summed E-state index contributed by atoms with van der Waals surface area (Å²) < 4.78 is 6.13. The van der Waals surface area contributed by atoms with Gasteiger partial charge in [-0.25, -0.2) is 4.98 Å². The van der Waals surface area contributed by atoms with E-state index in [0.29, 0.717) is 10.9 Å². The molecule has 1 amide bonds. The molecule has 0 aliphatic carbocycles. The van der Waals surface area contributed by atoms with Crippen LogP contribution in [0.2, 0.25) is 0 Å². The van der Waals surface area contributed by atoms with Crippen molar-refractivity contribution in [1.29, 1.82) is 0 Å². The molecule has 0 fully saturated rings. The topological polar surface area (TPSA) is 98.5 Å². The molecule has 1 aromatic carbocycles. The van der Waals surface area contributed by atoms with Gasteiger partial charge in [-0.15, -0.1) is 0 Å². The van der Waals surface area contributed by atoms with Crippen molar-refractivity contribution in [3.8, 4) is 5.75 Å². The lowest BCUT2D eigenvalue weighted by molar-refractivity contribution is -0.380. The van der Waals surface area contributed by atoms with Crippen LogP contribution in [0.15, 0.2) is 54.9 Å². The Bertz CT molecular complexity index is 1190. The highest BCUT2D eigenvalue weighted by Crippen LogP contribution is 2.34. The summed E-state index contributed by atoms with van der Waals surface area (Å²) >= 11 is 2.20. The lowest BCUT2D eigenvalue weighted by atomic mass is 10.2. The number of hydrogen-bond acceptors (Lipinski definition) is 8. The van der Waals surface area contributed by atoms with E-state index in [1.807, 2.05) is 24.3 Å². The third-order valence-corrected chi connectivity index (χ3v) is 6.17. The van der Waals surface area contributed by atoms with Crippen LogP contribution in [0.4, 0.5) is 10.1 Å². The number of methoxy groups -OCH3 is 1. The van der Waals surface area contributed by atoms with Crippen molar-refractivity contribution in [2.75, 3.05) is 12.0 Å². The number of thiophene rings is 1. The van der Waals surface area contributed by atoms with Gasteiger partial charge in [0.1, 0.15) is 5.75 Å². The Labute approximate surface area is 173 Å². The van der Waals surface area contributed by atoms with Gasteiger partial charge in [-0.2, -0.15) is 0 Å². The highest BCUT2D eigenvalue weighted by molar-refractivity contribution is 7.22. The Morgan fingerprint density at radius 3 is 2.79 bits per heavy atom. The lowest BCUT2D eigenvalue weighted by Gasteiger charge is -2.19. The van der Waals surface area contributed by atoms with Crippen molar-refractivity contribution in [1.82, 2.24) is 9.97 Å². The monoisotopic (exact) mass is 426 g/mol. The van der Waals surface area contributed by atoms with Gasteiger partial charge in [0.2, 0.25) is 0 Å². The third kappa shape index (κ3) is 3.93. The van der Waals surface area contributed by atoms with E-state index < -0.39 is 4.92 Å². The molecule has 8 nitrogen and oxygen atoms in total. The molecule has 0 bridgehead atoms. The van der Waals surface area contributed by atoms with Gasteiger partial charge < -0.3 is 4.74 Å². The van der Waals surface area contributed by atoms with Crippen LogP contribution in [0.3, 0.4) is 0 Å². The number of nitro groups is 1. The summed E-state index contributed by atoms with van der Waals surface area (Å²) in [5.41, 5.74) is 1.57. The zero-order chi connectivity index (χ0) is 20.4. The molecule has 146 valence electrons. The van der Waals surface area contributed by atoms with Gasteiger partial charge in [0, 0.05) is 18.5 Å². The van der Waals surface area contributed by atoms with Gasteiger partial charge in [-0.05, 0) is 35.9 Å². The summed E-state index contributed by atoms with van der Waals surface area (Å²) in [6, 6.07) is 12.0. The average molecular weight is 426 g/mol. The van der Waals surface area contributed by atoms with Crippen LogP contribution in [-0.2, 0) is 6.54 Å². The van der Waals surface area contributed by atoms with E-state index in [1.54, 1.807) is 25.6 Å². The van der Waals surface area contributed by atoms with Crippen LogP contribution >= 0.6 is 22.7 Å². The Hall–Kier alpha value is -3.37. The molecule has 0 aliphatic heterocycles. The maximum atomic E-state index is 13.2. The number of nitrogens with zero attached hydrogens (tertiary/aromatic N) is 4. The van der Waals surface area contributed by atoms with Crippen molar-refractivity contribution < 1.29 is 14.5 Å². The number of hydrogen-bond donors (Lipinski definition) is 0. The van der Waals surface area contributed by atoms with E-state index in [4.69, 9.17) is 4.74 Å². The van der Waals surface area contributed by atoms with Gasteiger partial charge in [-0.1, -0.05) is 28.7 Å². The minimum atomic E-state index is -0.503. The Morgan fingerprint density at radius 2 is 2.10 bits per heavy atom. The van der Waals surface area contributed by atoms with E-state index in [9.17, 15) is 14.9 Å². The number of rotatable bonds is 6. The largest absolute Gasteiger partial charge is 0.497 e. The predicted octanol–water partition coefficient (Wildman–Crippen LogP) is 4.52. The smallest absolute Gasteiger partial charge is 0.324 e. The molecule has 4 rings (SSSR count). The molecular formula is C19H14N4O4S2. The molecule has 3 aromatic heterocycles. The fourth-order valence-corrected chi connectivity index (χ4v) is 4.47. The first-order valence-corrected chi connectivity index (χ1v) is 10.1.